The van der Waals surface area contributed by atoms with Gasteiger partial charge in [-0.25, -0.2) is 0 Å². The van der Waals surface area contributed by atoms with E-state index >= 15 is 0 Å². The molecule has 0 bridgehead atoms. The normalized spacial score (nSPS) is 10.2. The zero-order valence-corrected chi connectivity index (χ0v) is 10.2. The maximum atomic E-state index is 7.49. The summed E-state index contributed by atoms with van der Waals surface area (Å²) in [4.78, 5) is 1.96. The number of likely N-dealkylation sites (N-methyl/N-ethyl adjacent to an activating group) is 1. The fourth-order valence-corrected chi connectivity index (χ4v) is 1.56. The number of nitrogens with one attached hydrogen (secondary N) is 1. The van der Waals surface area contributed by atoms with Crippen LogP contribution in [0.2, 0.25) is 5.02 Å². The van der Waals surface area contributed by atoms with Crippen molar-refractivity contribution in [1.29, 1.82) is 5.41 Å². The first kappa shape index (κ1) is 12.8. The van der Waals surface area contributed by atoms with Gasteiger partial charge in [-0.05, 0) is 18.2 Å². The van der Waals surface area contributed by atoms with E-state index in [1.165, 1.54) is 0 Å². The predicted molar refractivity (Wildman–Crippen MR) is 67.6 cm³/mol. The molecule has 4 nitrogen and oxygen atoms in total. The van der Waals surface area contributed by atoms with Crippen LogP contribution in [0.3, 0.4) is 0 Å². The lowest BCUT2D eigenvalue weighted by Crippen LogP contribution is -2.25. The Morgan fingerprint density at radius 3 is 2.81 bits per heavy atom. The summed E-state index contributed by atoms with van der Waals surface area (Å²) in [6, 6.07) is 5.28. The zero-order chi connectivity index (χ0) is 12.1. The van der Waals surface area contributed by atoms with Crippen LogP contribution in [0.4, 0.5) is 5.69 Å². The highest BCUT2D eigenvalue weighted by Crippen LogP contribution is 2.23. The van der Waals surface area contributed by atoms with Crippen molar-refractivity contribution in [3.63, 3.8) is 0 Å². The van der Waals surface area contributed by atoms with Gasteiger partial charge >= 0.3 is 0 Å². The van der Waals surface area contributed by atoms with Gasteiger partial charge < -0.3 is 15.4 Å². The summed E-state index contributed by atoms with van der Waals surface area (Å²) in [7, 11) is 3.56. The Labute approximate surface area is 100 Å². The van der Waals surface area contributed by atoms with Crippen molar-refractivity contribution in [1.82, 2.24) is 0 Å². The molecule has 0 aromatic heterocycles. The van der Waals surface area contributed by atoms with Gasteiger partial charge in [0, 0.05) is 37.0 Å². The third kappa shape index (κ3) is 3.12. The van der Waals surface area contributed by atoms with Gasteiger partial charge in [0.2, 0.25) is 0 Å². The Hall–Kier alpha value is -1.26. The lowest BCUT2D eigenvalue weighted by atomic mass is 10.1. The Balaban J connectivity index is 2.99. The number of methoxy groups -OCH3 is 1. The summed E-state index contributed by atoms with van der Waals surface area (Å²) in [6.45, 7) is 1.33. The van der Waals surface area contributed by atoms with Crippen molar-refractivity contribution in [2.24, 2.45) is 5.73 Å². The highest BCUT2D eigenvalue weighted by Gasteiger charge is 2.10. The molecule has 0 amide bonds. The van der Waals surface area contributed by atoms with E-state index < -0.39 is 0 Å². The lowest BCUT2D eigenvalue weighted by molar-refractivity contribution is 0.206. The van der Waals surface area contributed by atoms with E-state index in [0.717, 1.165) is 12.2 Å². The maximum absolute atomic E-state index is 7.49. The van der Waals surface area contributed by atoms with Gasteiger partial charge in [0.25, 0.3) is 0 Å². The first-order chi connectivity index (χ1) is 7.56. The van der Waals surface area contributed by atoms with Crippen LogP contribution in [0.25, 0.3) is 0 Å². The van der Waals surface area contributed by atoms with Crippen molar-refractivity contribution in [3.8, 4) is 0 Å². The summed E-state index contributed by atoms with van der Waals surface area (Å²) in [5, 5.41) is 8.12. The molecule has 0 aliphatic rings. The summed E-state index contributed by atoms with van der Waals surface area (Å²) < 4.78 is 5.00. The molecule has 0 radical (unpaired) electrons. The van der Waals surface area contributed by atoms with Crippen molar-refractivity contribution < 1.29 is 4.74 Å². The number of hydrogen-bond acceptors (Lipinski definition) is 3. The molecule has 88 valence electrons. The van der Waals surface area contributed by atoms with E-state index in [1.807, 2.05) is 11.9 Å². The minimum atomic E-state index is 0.0379. The Morgan fingerprint density at radius 1 is 1.56 bits per heavy atom. The van der Waals surface area contributed by atoms with Crippen LogP contribution >= 0.6 is 11.6 Å². The number of ether oxygens (including phenoxy) is 1. The summed E-state index contributed by atoms with van der Waals surface area (Å²) in [6.07, 6.45) is 0. The van der Waals surface area contributed by atoms with Crippen LogP contribution in [0, 0.1) is 5.41 Å². The SMILES string of the molecule is COCCN(C)c1cc(Cl)ccc1C(=N)N. The van der Waals surface area contributed by atoms with Crippen molar-refractivity contribution in [3.05, 3.63) is 28.8 Å². The van der Waals surface area contributed by atoms with E-state index in [1.54, 1.807) is 25.3 Å². The van der Waals surface area contributed by atoms with Crippen molar-refractivity contribution >= 4 is 23.1 Å². The number of nitrogens with two attached hydrogens (primary N) is 1. The molecule has 1 rings (SSSR count). The molecule has 5 heteroatoms. The topological polar surface area (TPSA) is 62.3 Å². The molecule has 16 heavy (non-hydrogen) atoms. The molecule has 0 aliphatic heterocycles. The maximum Gasteiger partial charge on any atom is 0.124 e. The molecular formula is C11H16ClN3O. The number of rotatable bonds is 5. The highest BCUT2D eigenvalue weighted by atomic mass is 35.5. The average Bonchev–Trinajstić information content (AvgIpc) is 2.25. The monoisotopic (exact) mass is 241 g/mol. The fraction of sp³-hybridized carbons (Fsp3) is 0.364. The first-order valence-corrected chi connectivity index (χ1v) is 5.28. The first-order valence-electron chi connectivity index (χ1n) is 4.90. The molecular weight excluding hydrogens is 226 g/mol. The van der Waals surface area contributed by atoms with E-state index in [-0.39, 0.29) is 5.84 Å². The number of amidine groups is 1. The third-order valence-electron chi connectivity index (χ3n) is 2.29. The quantitative estimate of drug-likeness (QED) is 0.609. The number of nitrogens with zero attached hydrogens (tertiary/aromatic N) is 1. The molecule has 0 unspecified atom stereocenters. The minimum Gasteiger partial charge on any atom is -0.384 e. The molecule has 0 heterocycles. The van der Waals surface area contributed by atoms with Crippen molar-refractivity contribution in [2.75, 3.05) is 32.2 Å². The molecule has 3 N–H and O–H groups in total. The lowest BCUT2D eigenvalue weighted by Gasteiger charge is -2.21. The second kappa shape index (κ2) is 5.72. The van der Waals surface area contributed by atoms with Gasteiger partial charge in [0.1, 0.15) is 5.84 Å². The van der Waals surface area contributed by atoms with Gasteiger partial charge in [-0.3, -0.25) is 5.41 Å². The van der Waals surface area contributed by atoms with E-state index in [4.69, 9.17) is 27.5 Å². The second-order valence-electron chi connectivity index (χ2n) is 3.49. The predicted octanol–water partition coefficient (Wildman–Crippen LogP) is 1.71. The largest absolute Gasteiger partial charge is 0.384 e. The molecule has 0 saturated heterocycles. The molecule has 0 fully saturated rings. The smallest absolute Gasteiger partial charge is 0.124 e. The number of anilines is 1. The number of hydrogen-bond donors (Lipinski definition) is 2. The number of nitrogen functional groups attached to an aromatic ring is 1. The standard InChI is InChI=1S/C11H16ClN3O/c1-15(5-6-16-2)10-7-8(12)3-4-9(10)11(13)14/h3-4,7H,5-6H2,1-2H3,(H3,13,14). The Morgan fingerprint density at radius 2 is 2.25 bits per heavy atom. The summed E-state index contributed by atoms with van der Waals surface area (Å²) in [5.41, 5.74) is 7.04. The Kier molecular flexibility index (Phi) is 4.58. The summed E-state index contributed by atoms with van der Waals surface area (Å²) in [5.74, 6) is 0.0379. The van der Waals surface area contributed by atoms with Gasteiger partial charge in [-0.2, -0.15) is 0 Å². The van der Waals surface area contributed by atoms with Gasteiger partial charge in [-0.1, -0.05) is 11.6 Å². The van der Waals surface area contributed by atoms with Crippen molar-refractivity contribution in [2.45, 2.75) is 0 Å². The Bertz CT molecular complexity index is 381. The summed E-state index contributed by atoms with van der Waals surface area (Å²) >= 11 is 5.93. The number of halogens is 1. The molecule has 0 saturated carbocycles. The third-order valence-corrected chi connectivity index (χ3v) is 2.53. The van der Waals surface area contributed by atoms with Crippen LogP contribution < -0.4 is 10.6 Å². The molecule has 1 aromatic carbocycles. The second-order valence-corrected chi connectivity index (χ2v) is 3.93. The minimum absolute atomic E-state index is 0.0379. The van der Waals surface area contributed by atoms with Crippen LogP contribution in [0.5, 0.6) is 0 Å². The van der Waals surface area contributed by atoms with E-state index in [0.29, 0.717) is 17.2 Å². The highest BCUT2D eigenvalue weighted by molar-refractivity contribution is 6.31. The zero-order valence-electron chi connectivity index (χ0n) is 9.46. The van der Waals surface area contributed by atoms with Gasteiger partial charge in [-0.15, -0.1) is 0 Å². The molecule has 0 spiro atoms. The van der Waals surface area contributed by atoms with Crippen LogP contribution in [-0.4, -0.2) is 33.1 Å². The fourth-order valence-electron chi connectivity index (χ4n) is 1.40. The molecule has 0 atom stereocenters. The average molecular weight is 242 g/mol. The van der Waals surface area contributed by atoms with E-state index in [2.05, 4.69) is 0 Å². The molecule has 1 aromatic rings. The van der Waals surface area contributed by atoms with Crippen LogP contribution in [0.1, 0.15) is 5.56 Å². The number of benzene rings is 1. The van der Waals surface area contributed by atoms with Gasteiger partial charge in [0.05, 0.1) is 6.61 Å². The molecule has 0 aliphatic carbocycles. The van der Waals surface area contributed by atoms with Gasteiger partial charge in [0.15, 0.2) is 0 Å². The van der Waals surface area contributed by atoms with E-state index in [9.17, 15) is 0 Å². The van der Waals surface area contributed by atoms with Crippen LogP contribution in [0.15, 0.2) is 18.2 Å². The van der Waals surface area contributed by atoms with Crippen LogP contribution in [-0.2, 0) is 4.74 Å².